The van der Waals surface area contributed by atoms with Crippen molar-refractivity contribution < 1.29 is 47.8 Å². The van der Waals surface area contributed by atoms with Crippen LogP contribution in [0.1, 0.15) is 68.8 Å². The fourth-order valence-electron chi connectivity index (χ4n) is 14.1. The number of hydroxylamine groups is 3. The molecule has 2 bridgehead atoms. The van der Waals surface area contributed by atoms with E-state index in [1.54, 1.807) is 7.11 Å². The van der Waals surface area contributed by atoms with Gasteiger partial charge < -0.3 is 48.5 Å². The van der Waals surface area contributed by atoms with Gasteiger partial charge in [0.05, 0.1) is 40.5 Å². The predicted octanol–water partition coefficient (Wildman–Crippen LogP) is 4.02. The van der Waals surface area contributed by atoms with Crippen molar-refractivity contribution in [2.24, 2.45) is 11.3 Å². The van der Waals surface area contributed by atoms with Crippen LogP contribution in [0, 0.1) is 16.5 Å². The number of methoxy groups -OCH3 is 3. The number of benzene rings is 2. The number of epoxide rings is 1. The maximum atomic E-state index is 15.4. The van der Waals surface area contributed by atoms with Crippen LogP contribution in [-0.4, -0.2) is 134 Å². The van der Waals surface area contributed by atoms with E-state index in [2.05, 4.69) is 22.9 Å². The minimum Gasteiger partial charge on any atom is -0.633 e. The van der Waals surface area contributed by atoms with Crippen molar-refractivity contribution in [3.8, 4) is 5.75 Å². The highest BCUT2D eigenvalue weighted by molar-refractivity contribution is 5.95. The first-order valence-electron chi connectivity index (χ1n) is 21.5. The van der Waals surface area contributed by atoms with E-state index in [-0.39, 0.29) is 24.5 Å². The van der Waals surface area contributed by atoms with Crippen LogP contribution in [0.2, 0.25) is 0 Å². The van der Waals surface area contributed by atoms with Gasteiger partial charge in [-0.15, -0.1) is 0 Å². The van der Waals surface area contributed by atoms with Gasteiger partial charge in [-0.3, -0.25) is 14.5 Å². The number of nitrogens with one attached hydrogen (secondary N) is 1. The van der Waals surface area contributed by atoms with Crippen LogP contribution >= 0.6 is 0 Å². The number of carbonyl (C=O) groups excluding carboxylic acids is 3. The first-order valence-corrected chi connectivity index (χ1v) is 21.5. The number of aliphatic hydroxyl groups is 1. The lowest BCUT2D eigenvalue weighted by molar-refractivity contribution is -0.890. The smallest absolute Gasteiger partial charge is 0.344 e. The van der Waals surface area contributed by atoms with Gasteiger partial charge >= 0.3 is 17.9 Å². The van der Waals surface area contributed by atoms with Crippen LogP contribution in [0.5, 0.6) is 5.75 Å². The Morgan fingerprint density at radius 3 is 2.52 bits per heavy atom. The number of para-hydroxylation sites is 1. The molecular weight excluding hydrogens is 769 g/mol. The summed E-state index contributed by atoms with van der Waals surface area (Å²) < 4.78 is 30.0. The van der Waals surface area contributed by atoms with Gasteiger partial charge in [0.2, 0.25) is 5.60 Å². The number of aromatic nitrogens is 1. The lowest BCUT2D eigenvalue weighted by Crippen LogP contribution is -2.81. The van der Waals surface area contributed by atoms with E-state index >= 15 is 4.79 Å². The van der Waals surface area contributed by atoms with E-state index in [9.17, 15) is 19.9 Å². The number of esters is 3. The van der Waals surface area contributed by atoms with Crippen LogP contribution in [0.4, 0.5) is 5.69 Å². The van der Waals surface area contributed by atoms with Gasteiger partial charge in [-0.05, 0) is 55.5 Å². The van der Waals surface area contributed by atoms with E-state index in [1.165, 1.54) is 21.1 Å². The summed E-state index contributed by atoms with van der Waals surface area (Å²) in [4.78, 5) is 50.9. The molecule has 11 atom stereocenters. The van der Waals surface area contributed by atoms with Crippen molar-refractivity contribution in [3.05, 3.63) is 76.1 Å². The zero-order valence-corrected chi connectivity index (χ0v) is 35.5. The van der Waals surface area contributed by atoms with E-state index in [0.717, 1.165) is 27.7 Å². The maximum absolute atomic E-state index is 15.4. The Kier molecular flexibility index (Phi) is 8.61. The molecule has 320 valence electrons. The molecule has 10 rings (SSSR count). The van der Waals surface area contributed by atoms with Gasteiger partial charge in [-0.1, -0.05) is 44.2 Å². The Bertz CT molecular complexity index is 2360. The fraction of sp³-hybridized carbons (Fsp3) is 0.587. The summed E-state index contributed by atoms with van der Waals surface area (Å²) >= 11 is 0. The molecule has 1 aromatic heterocycles. The average molecular weight is 825 g/mol. The Morgan fingerprint density at radius 1 is 1.05 bits per heavy atom. The van der Waals surface area contributed by atoms with Gasteiger partial charge in [0.25, 0.3) is 0 Å². The molecule has 2 aromatic carbocycles. The van der Waals surface area contributed by atoms with Crippen molar-refractivity contribution in [2.45, 2.75) is 99.2 Å². The number of rotatable bonds is 7. The molecule has 7 aliphatic rings. The average Bonchev–Trinajstić information content (AvgIpc) is 3.51. The standard InChI is InChI=1S/C46H56N4O10/c1-8-42-16-12-18-49-19-17-44(37(42)49)30-21-31(34(56-5)22-33(30)48(4)38(44)46(54,41(53)58-7)39(42)59-26(3)51)45(40(52)57-6)23-27-24-50(55,25-43(9-2)36(27)60-43)20-15-29-28-13-10-11-14-32(28)47-35(29)45/h10-14,16,21-22,27,36-39,47,54H,8-9,15,17-20,23-25H2,1-7H3/t27-,36-,37+,38-,39+,42+,43-,44-,45+,46+,50-/m0/s1. The first kappa shape index (κ1) is 39.7. The van der Waals surface area contributed by atoms with Gasteiger partial charge in [-0.2, -0.15) is 0 Å². The third-order valence-electron chi connectivity index (χ3n) is 16.3. The summed E-state index contributed by atoms with van der Waals surface area (Å²) in [5, 5.41) is 29.2. The molecule has 0 radical (unpaired) electrons. The summed E-state index contributed by atoms with van der Waals surface area (Å²) in [5.74, 6) is -1.88. The van der Waals surface area contributed by atoms with Crippen molar-refractivity contribution in [1.29, 1.82) is 0 Å². The number of quaternary nitrogens is 1. The van der Waals surface area contributed by atoms with Gasteiger partial charge in [0, 0.05) is 83.6 Å². The summed E-state index contributed by atoms with van der Waals surface area (Å²) in [6.07, 6.45) is 4.93. The normalized spacial score (nSPS) is 39.5. The third-order valence-corrected chi connectivity index (χ3v) is 16.3. The van der Waals surface area contributed by atoms with E-state index < -0.39 is 62.1 Å². The van der Waals surface area contributed by atoms with Crippen LogP contribution in [-0.2, 0) is 50.6 Å². The van der Waals surface area contributed by atoms with E-state index in [0.29, 0.717) is 75.4 Å². The Labute approximate surface area is 349 Å². The highest BCUT2D eigenvalue weighted by Gasteiger charge is 2.80. The zero-order chi connectivity index (χ0) is 42.4. The number of piperidine rings is 1. The lowest BCUT2D eigenvalue weighted by atomic mass is 9.47. The number of aromatic amines is 1. The molecular formula is C46H56N4O10. The molecule has 3 saturated heterocycles. The molecule has 7 heterocycles. The molecule has 2 N–H and O–H groups in total. The van der Waals surface area contributed by atoms with Crippen molar-refractivity contribution >= 4 is 34.5 Å². The minimum atomic E-state index is -2.32. The number of hydrogen-bond acceptors (Lipinski definition) is 12. The Hall–Kier alpha value is -4.47. The topological polar surface area (TPSA) is 166 Å². The molecule has 4 fully saturated rings. The number of likely N-dealkylation sites (N-methyl/N-ethyl adjacent to an activating group) is 1. The van der Waals surface area contributed by atoms with Crippen LogP contribution in [0.25, 0.3) is 10.9 Å². The predicted molar refractivity (Wildman–Crippen MR) is 220 cm³/mol. The lowest BCUT2D eigenvalue weighted by Gasteiger charge is -2.63. The molecule has 0 amide bonds. The van der Waals surface area contributed by atoms with Crippen molar-refractivity contribution in [1.82, 2.24) is 9.88 Å². The second-order valence-electron chi connectivity index (χ2n) is 18.7. The van der Waals surface area contributed by atoms with Crippen molar-refractivity contribution in [3.63, 3.8) is 0 Å². The zero-order valence-electron chi connectivity index (χ0n) is 35.5. The SMILES string of the molecule is CC[C@]12C[N@+]3([O-])CCc4c([nH]c5ccccc45)[C@](C(=O)OC)(c4cc5c(cc4OC)N(C)[C@@H]4[C@](O)(C(=O)OC)[C@H](OC(C)=O)[C@]6(CC)C=CCN7CC[C@@]54[C@H]76)C[C@@H](C3)[C@@H]1O2. The van der Waals surface area contributed by atoms with Crippen LogP contribution in [0.15, 0.2) is 48.6 Å². The number of hydrogen-bond donors (Lipinski definition) is 2. The molecule has 14 heteroatoms. The molecule has 3 aromatic rings. The highest BCUT2D eigenvalue weighted by Crippen LogP contribution is 2.68. The van der Waals surface area contributed by atoms with Gasteiger partial charge in [-0.25, -0.2) is 4.79 Å². The second-order valence-corrected chi connectivity index (χ2v) is 18.7. The summed E-state index contributed by atoms with van der Waals surface area (Å²) in [6, 6.07) is 10.7. The maximum Gasteiger partial charge on any atom is 0.344 e. The summed E-state index contributed by atoms with van der Waals surface area (Å²) in [7, 11) is 6.09. The van der Waals surface area contributed by atoms with Gasteiger partial charge in [0.15, 0.2) is 6.10 Å². The largest absolute Gasteiger partial charge is 0.633 e. The van der Waals surface area contributed by atoms with Crippen LogP contribution < -0.4 is 9.64 Å². The number of nitrogens with zero attached hydrogens (tertiary/aromatic N) is 3. The second kappa shape index (κ2) is 13.0. The molecule has 60 heavy (non-hydrogen) atoms. The minimum absolute atomic E-state index is 0.207. The summed E-state index contributed by atoms with van der Waals surface area (Å²) in [5.41, 5.74) is -1.80. The van der Waals surface area contributed by atoms with Gasteiger partial charge in [0.1, 0.15) is 29.4 Å². The van der Waals surface area contributed by atoms with Crippen LogP contribution in [0.3, 0.4) is 0 Å². The highest BCUT2D eigenvalue weighted by atomic mass is 16.6. The monoisotopic (exact) mass is 824 g/mol. The van der Waals surface area contributed by atoms with Crippen molar-refractivity contribution in [2.75, 3.05) is 66.0 Å². The Balaban J connectivity index is 1.28. The number of ether oxygens (including phenoxy) is 5. The van der Waals surface area contributed by atoms with E-state index in [1.807, 2.05) is 61.4 Å². The fourth-order valence-corrected chi connectivity index (χ4v) is 14.1. The Morgan fingerprint density at radius 2 is 1.82 bits per heavy atom. The quantitative estimate of drug-likeness (QED) is 0.0880. The molecule has 14 nitrogen and oxygen atoms in total. The number of anilines is 1. The number of fused-ring (bicyclic) bond motifs is 8. The molecule has 1 spiro atoms. The van der Waals surface area contributed by atoms with E-state index in [4.69, 9.17) is 23.7 Å². The number of H-pyrrole nitrogens is 1. The molecule has 0 unspecified atom stereocenters. The first-order chi connectivity index (χ1) is 28.7. The number of carbonyl (C=O) groups is 3. The molecule has 1 saturated carbocycles. The molecule has 1 aliphatic carbocycles. The third kappa shape index (κ3) is 4.74. The molecule has 6 aliphatic heterocycles. The summed E-state index contributed by atoms with van der Waals surface area (Å²) in [6.45, 7) is 7.64.